The van der Waals surface area contributed by atoms with Crippen LogP contribution in [0.25, 0.3) is 0 Å². The van der Waals surface area contributed by atoms with Gasteiger partial charge < -0.3 is 4.90 Å². The van der Waals surface area contributed by atoms with E-state index in [1.54, 1.807) is 24.3 Å². The molecule has 2 bridgehead atoms. The first-order valence-corrected chi connectivity index (χ1v) is 9.79. The summed E-state index contributed by atoms with van der Waals surface area (Å²) in [5.41, 5.74) is 0. The molecule has 0 amide bonds. The van der Waals surface area contributed by atoms with Crippen molar-refractivity contribution in [1.82, 2.24) is 4.90 Å². The Morgan fingerprint density at radius 2 is 1.52 bits per heavy atom. The predicted molar refractivity (Wildman–Crippen MR) is 85.0 cm³/mol. The smallest absolute Gasteiger partial charge is 0.178 e. The monoisotopic (exact) mass is 307 g/mol. The van der Waals surface area contributed by atoms with Gasteiger partial charge in [-0.2, -0.15) is 0 Å². The summed E-state index contributed by atoms with van der Waals surface area (Å²) in [5, 5.41) is 0. The van der Waals surface area contributed by atoms with E-state index in [4.69, 9.17) is 0 Å². The van der Waals surface area contributed by atoms with Crippen molar-refractivity contribution in [3.63, 3.8) is 0 Å². The van der Waals surface area contributed by atoms with E-state index in [9.17, 15) is 8.42 Å². The molecule has 1 aliphatic carbocycles. The van der Waals surface area contributed by atoms with Crippen LogP contribution in [0.1, 0.15) is 32.1 Å². The molecule has 4 heteroatoms. The molecule has 116 valence electrons. The standard InChI is InChI=1S/C17H25NO2S/c19-21(20,17-5-2-1-3-6-17)12-4-11-18-13-15-7-8-16(14-18)10-9-15/h1-3,5-6,15-16H,4,7-14H2. The highest BCUT2D eigenvalue weighted by Gasteiger charge is 2.29. The van der Waals surface area contributed by atoms with Crippen LogP contribution in [0.15, 0.2) is 35.2 Å². The first-order chi connectivity index (χ1) is 10.1. The Balaban J connectivity index is 1.52. The molecule has 2 heterocycles. The van der Waals surface area contributed by atoms with E-state index in [1.165, 1.54) is 38.8 Å². The first-order valence-electron chi connectivity index (χ1n) is 8.13. The van der Waals surface area contributed by atoms with E-state index in [2.05, 4.69) is 4.90 Å². The summed E-state index contributed by atoms with van der Waals surface area (Å²) >= 11 is 0. The summed E-state index contributed by atoms with van der Waals surface area (Å²) in [6, 6.07) is 8.83. The number of sulfone groups is 1. The SMILES string of the molecule is O=S(=O)(CCCN1CC2CCC(CC2)C1)c1ccccc1. The van der Waals surface area contributed by atoms with Crippen molar-refractivity contribution in [2.24, 2.45) is 11.8 Å². The molecule has 2 aliphatic heterocycles. The Bertz CT molecular complexity index is 533. The number of rotatable bonds is 5. The molecule has 21 heavy (non-hydrogen) atoms. The average Bonchev–Trinajstić information content (AvgIpc) is 2.80. The topological polar surface area (TPSA) is 37.4 Å². The quantitative estimate of drug-likeness (QED) is 0.839. The summed E-state index contributed by atoms with van der Waals surface area (Å²) < 4.78 is 24.5. The van der Waals surface area contributed by atoms with Crippen molar-refractivity contribution >= 4 is 9.84 Å². The van der Waals surface area contributed by atoms with Gasteiger partial charge in [0.1, 0.15) is 0 Å². The summed E-state index contributed by atoms with van der Waals surface area (Å²) in [5.74, 6) is 1.98. The lowest BCUT2D eigenvalue weighted by atomic mass is 9.84. The van der Waals surface area contributed by atoms with Gasteiger partial charge in [-0.1, -0.05) is 18.2 Å². The second-order valence-corrected chi connectivity index (χ2v) is 8.74. The molecule has 3 nitrogen and oxygen atoms in total. The van der Waals surface area contributed by atoms with E-state index in [1.807, 2.05) is 6.07 Å². The lowest BCUT2D eigenvalue weighted by Crippen LogP contribution is -2.30. The van der Waals surface area contributed by atoms with Crippen molar-refractivity contribution in [3.8, 4) is 0 Å². The highest BCUT2D eigenvalue weighted by molar-refractivity contribution is 7.91. The molecule has 0 aromatic heterocycles. The highest BCUT2D eigenvalue weighted by atomic mass is 32.2. The molecule has 0 spiro atoms. The minimum atomic E-state index is -3.11. The predicted octanol–water partition coefficient (Wildman–Crippen LogP) is 2.97. The molecule has 1 aromatic rings. The lowest BCUT2D eigenvalue weighted by molar-refractivity contribution is 0.253. The number of nitrogens with zero attached hydrogens (tertiary/aromatic N) is 1. The van der Waals surface area contributed by atoms with Crippen LogP contribution in [0.5, 0.6) is 0 Å². The van der Waals surface area contributed by atoms with E-state index < -0.39 is 9.84 Å². The third kappa shape index (κ3) is 3.86. The number of benzene rings is 1. The molecule has 1 saturated carbocycles. The van der Waals surface area contributed by atoms with Gasteiger partial charge in [-0.05, 0) is 62.6 Å². The third-order valence-electron chi connectivity index (χ3n) is 4.99. The third-order valence-corrected chi connectivity index (χ3v) is 6.81. The second kappa shape index (κ2) is 6.49. The van der Waals surface area contributed by atoms with Gasteiger partial charge in [0.05, 0.1) is 10.6 Å². The van der Waals surface area contributed by atoms with Crippen LogP contribution < -0.4 is 0 Å². The molecule has 3 aliphatic rings. The van der Waals surface area contributed by atoms with Crippen LogP contribution in [0, 0.1) is 11.8 Å². The van der Waals surface area contributed by atoms with Crippen molar-refractivity contribution in [3.05, 3.63) is 30.3 Å². The van der Waals surface area contributed by atoms with Crippen LogP contribution in [0.3, 0.4) is 0 Å². The largest absolute Gasteiger partial charge is 0.303 e. The van der Waals surface area contributed by atoms with E-state index >= 15 is 0 Å². The van der Waals surface area contributed by atoms with Crippen LogP contribution in [-0.2, 0) is 9.84 Å². The first kappa shape index (κ1) is 15.0. The van der Waals surface area contributed by atoms with Crippen LogP contribution in [-0.4, -0.2) is 38.7 Å². The maximum atomic E-state index is 12.3. The molecule has 0 atom stereocenters. The molecule has 0 N–H and O–H groups in total. The van der Waals surface area contributed by atoms with Crippen LogP contribution in [0.4, 0.5) is 0 Å². The zero-order valence-corrected chi connectivity index (χ0v) is 13.4. The van der Waals surface area contributed by atoms with Gasteiger partial charge in [0.2, 0.25) is 0 Å². The van der Waals surface area contributed by atoms with Crippen molar-refractivity contribution in [2.45, 2.75) is 37.0 Å². The second-order valence-electron chi connectivity index (χ2n) is 6.63. The fraction of sp³-hybridized carbons (Fsp3) is 0.647. The van der Waals surface area contributed by atoms with Crippen molar-refractivity contribution in [2.75, 3.05) is 25.4 Å². The van der Waals surface area contributed by atoms with Crippen LogP contribution >= 0.6 is 0 Å². The Labute approximate surface area is 128 Å². The van der Waals surface area contributed by atoms with Crippen LogP contribution in [0.2, 0.25) is 0 Å². The van der Waals surface area contributed by atoms with Gasteiger partial charge in [0.15, 0.2) is 9.84 Å². The fourth-order valence-corrected chi connectivity index (χ4v) is 5.12. The molecule has 3 fully saturated rings. The highest BCUT2D eigenvalue weighted by Crippen LogP contribution is 2.33. The maximum Gasteiger partial charge on any atom is 0.178 e. The van der Waals surface area contributed by atoms with Gasteiger partial charge in [0.25, 0.3) is 0 Å². The fourth-order valence-electron chi connectivity index (χ4n) is 3.81. The lowest BCUT2D eigenvalue weighted by Gasteiger charge is -2.22. The van der Waals surface area contributed by atoms with Gasteiger partial charge in [-0.25, -0.2) is 8.42 Å². The Kier molecular flexibility index (Phi) is 4.65. The minimum Gasteiger partial charge on any atom is -0.303 e. The number of hydrogen-bond acceptors (Lipinski definition) is 3. The van der Waals surface area contributed by atoms with Crippen molar-refractivity contribution in [1.29, 1.82) is 0 Å². The molecule has 4 rings (SSSR count). The molecule has 2 saturated heterocycles. The number of fused-ring (bicyclic) bond motifs is 4. The molecular weight excluding hydrogens is 282 g/mol. The van der Waals surface area contributed by atoms with Gasteiger partial charge in [0, 0.05) is 13.1 Å². The van der Waals surface area contributed by atoms with Crippen molar-refractivity contribution < 1.29 is 8.42 Å². The molecule has 0 unspecified atom stereocenters. The Morgan fingerprint density at radius 3 is 2.10 bits per heavy atom. The average molecular weight is 307 g/mol. The molecule has 1 aromatic carbocycles. The molecular formula is C17H25NO2S. The maximum absolute atomic E-state index is 12.3. The van der Waals surface area contributed by atoms with E-state index in [0.717, 1.165) is 24.8 Å². The summed E-state index contributed by atoms with van der Waals surface area (Å²) in [6.07, 6.45) is 6.26. The molecule has 0 radical (unpaired) electrons. The van der Waals surface area contributed by atoms with Gasteiger partial charge >= 0.3 is 0 Å². The summed E-state index contributed by atoms with van der Waals surface area (Å²) in [7, 11) is -3.11. The zero-order valence-electron chi connectivity index (χ0n) is 12.6. The minimum absolute atomic E-state index is 0.267. The zero-order chi connectivity index (χ0) is 14.7. The summed E-state index contributed by atoms with van der Waals surface area (Å²) in [6.45, 7) is 3.29. The van der Waals surface area contributed by atoms with Gasteiger partial charge in [-0.3, -0.25) is 0 Å². The van der Waals surface area contributed by atoms with Gasteiger partial charge in [-0.15, -0.1) is 0 Å². The van der Waals surface area contributed by atoms with E-state index in [-0.39, 0.29) is 5.75 Å². The Morgan fingerprint density at radius 1 is 0.952 bits per heavy atom. The summed E-state index contributed by atoms with van der Waals surface area (Å²) in [4.78, 5) is 2.97. The number of hydrogen-bond donors (Lipinski definition) is 0. The normalized spacial score (nSPS) is 26.7. The van der Waals surface area contributed by atoms with E-state index in [0.29, 0.717) is 4.90 Å². The Hall–Kier alpha value is -0.870.